The molecule has 5 heteroatoms. The molecule has 0 N–H and O–H groups in total. The van der Waals surface area contributed by atoms with Crippen LogP contribution in [0.1, 0.15) is 25.0 Å². The van der Waals surface area contributed by atoms with Crippen molar-refractivity contribution in [3.8, 4) is 6.07 Å². The molecule has 2 aromatic rings. The zero-order valence-corrected chi connectivity index (χ0v) is 17.9. The van der Waals surface area contributed by atoms with Crippen LogP contribution < -0.4 is 0 Å². The third-order valence-electron chi connectivity index (χ3n) is 5.43. The van der Waals surface area contributed by atoms with Gasteiger partial charge < -0.3 is 9.80 Å². The van der Waals surface area contributed by atoms with E-state index in [2.05, 4.69) is 66.1 Å². The van der Waals surface area contributed by atoms with Gasteiger partial charge in [-0.2, -0.15) is 5.26 Å². The fourth-order valence-electron chi connectivity index (χ4n) is 3.59. The second-order valence-electron chi connectivity index (χ2n) is 7.96. The lowest BCUT2D eigenvalue weighted by atomic mass is 10.1. The maximum atomic E-state index is 13.0. The molecule has 1 aliphatic rings. The van der Waals surface area contributed by atoms with Crippen LogP contribution in [0.5, 0.6) is 0 Å². The highest BCUT2D eigenvalue weighted by Crippen LogP contribution is 2.14. The number of rotatable bonds is 7. The molecule has 1 amide bonds. The van der Waals surface area contributed by atoms with Gasteiger partial charge in [-0.05, 0) is 25.0 Å². The lowest BCUT2D eigenvalue weighted by Gasteiger charge is -2.35. The zero-order valence-electron chi connectivity index (χ0n) is 17.9. The molecule has 1 aliphatic heterocycles. The van der Waals surface area contributed by atoms with Crippen LogP contribution in [0.15, 0.2) is 72.4 Å². The van der Waals surface area contributed by atoms with Gasteiger partial charge in [0.25, 0.3) is 5.91 Å². The smallest absolute Gasteiger partial charge is 0.266 e. The van der Waals surface area contributed by atoms with Crippen molar-refractivity contribution in [2.75, 3.05) is 26.2 Å². The van der Waals surface area contributed by atoms with E-state index in [1.165, 1.54) is 5.56 Å². The first-order valence-corrected chi connectivity index (χ1v) is 10.5. The quantitative estimate of drug-likeness (QED) is 0.524. The Labute approximate surface area is 179 Å². The Morgan fingerprint density at radius 3 is 2.10 bits per heavy atom. The molecule has 0 spiro atoms. The molecule has 0 atom stereocenters. The van der Waals surface area contributed by atoms with Crippen molar-refractivity contribution in [2.24, 2.45) is 0 Å². The number of carbonyl (C=O) groups is 1. The van der Waals surface area contributed by atoms with E-state index in [-0.39, 0.29) is 17.5 Å². The van der Waals surface area contributed by atoms with Crippen LogP contribution in [0.25, 0.3) is 0 Å². The first-order valence-electron chi connectivity index (χ1n) is 10.5. The highest BCUT2D eigenvalue weighted by atomic mass is 16.2. The topological polar surface area (TPSA) is 50.6 Å². The second-order valence-corrected chi connectivity index (χ2v) is 7.96. The maximum absolute atomic E-state index is 13.0. The van der Waals surface area contributed by atoms with Gasteiger partial charge >= 0.3 is 0 Å². The van der Waals surface area contributed by atoms with Gasteiger partial charge in [0.2, 0.25) is 0 Å². The number of carbonyl (C=O) groups excluding carboxylic acids is 1. The Morgan fingerprint density at radius 1 is 1.00 bits per heavy atom. The van der Waals surface area contributed by atoms with Crippen molar-refractivity contribution in [3.05, 3.63) is 83.6 Å². The first-order chi connectivity index (χ1) is 14.6. The van der Waals surface area contributed by atoms with Crippen molar-refractivity contribution in [2.45, 2.75) is 33.0 Å². The van der Waals surface area contributed by atoms with E-state index in [1.54, 1.807) is 11.1 Å². The molecule has 0 saturated carbocycles. The molecule has 156 valence electrons. The monoisotopic (exact) mass is 402 g/mol. The van der Waals surface area contributed by atoms with Crippen LogP contribution in [0.2, 0.25) is 0 Å². The van der Waals surface area contributed by atoms with E-state index in [0.717, 1.165) is 25.2 Å². The lowest BCUT2D eigenvalue weighted by Crippen LogP contribution is -2.48. The van der Waals surface area contributed by atoms with Gasteiger partial charge in [0.15, 0.2) is 0 Å². The number of hydrogen-bond donors (Lipinski definition) is 0. The summed E-state index contributed by atoms with van der Waals surface area (Å²) in [6.45, 7) is 8.62. The SMILES string of the molecule is CC(C)N(/C=C(/C#N)C(=O)N1CCN(Cc2ccccc2)CC1)Cc1ccccc1. The normalized spacial score (nSPS) is 15.1. The Balaban J connectivity index is 1.61. The summed E-state index contributed by atoms with van der Waals surface area (Å²) in [7, 11) is 0. The highest BCUT2D eigenvalue weighted by molar-refractivity contribution is 5.97. The molecule has 3 rings (SSSR count). The third kappa shape index (κ3) is 5.95. The summed E-state index contributed by atoms with van der Waals surface area (Å²) in [6, 6.07) is 22.8. The minimum Gasteiger partial charge on any atom is -0.369 e. The fourth-order valence-corrected chi connectivity index (χ4v) is 3.59. The van der Waals surface area contributed by atoms with Crippen LogP contribution in [0, 0.1) is 11.3 Å². The summed E-state index contributed by atoms with van der Waals surface area (Å²) in [5.74, 6) is -0.171. The molecule has 1 saturated heterocycles. The molecule has 2 aromatic carbocycles. The first kappa shape index (κ1) is 21.6. The minimum atomic E-state index is -0.171. The fraction of sp³-hybridized carbons (Fsp3) is 0.360. The van der Waals surface area contributed by atoms with Gasteiger partial charge in [-0.1, -0.05) is 60.7 Å². The predicted octanol–water partition coefficient (Wildman–Crippen LogP) is 3.65. The van der Waals surface area contributed by atoms with Crippen molar-refractivity contribution < 1.29 is 4.79 Å². The Kier molecular flexibility index (Phi) is 7.64. The van der Waals surface area contributed by atoms with Gasteiger partial charge in [-0.25, -0.2) is 0 Å². The second kappa shape index (κ2) is 10.6. The molecule has 0 aromatic heterocycles. The summed E-state index contributed by atoms with van der Waals surface area (Å²) < 4.78 is 0. The standard InChI is InChI=1S/C25H30N4O/c1-21(2)29(19-23-11-7-4-8-12-23)20-24(17-26)25(30)28-15-13-27(14-16-28)18-22-9-5-3-6-10-22/h3-12,20-21H,13-16,18-19H2,1-2H3/b24-20-. The molecule has 30 heavy (non-hydrogen) atoms. The van der Waals surface area contributed by atoms with Crippen LogP contribution in [-0.4, -0.2) is 52.8 Å². The van der Waals surface area contributed by atoms with E-state index >= 15 is 0 Å². The van der Waals surface area contributed by atoms with Crippen molar-refractivity contribution in [1.29, 1.82) is 5.26 Å². The van der Waals surface area contributed by atoms with Crippen LogP contribution >= 0.6 is 0 Å². The van der Waals surface area contributed by atoms with Crippen LogP contribution in [-0.2, 0) is 17.9 Å². The lowest BCUT2D eigenvalue weighted by molar-refractivity contribution is -0.128. The summed E-state index contributed by atoms with van der Waals surface area (Å²) in [5.41, 5.74) is 2.64. The molecular weight excluding hydrogens is 372 g/mol. The van der Waals surface area contributed by atoms with Gasteiger partial charge in [-0.15, -0.1) is 0 Å². The van der Waals surface area contributed by atoms with E-state index in [0.29, 0.717) is 19.6 Å². The van der Waals surface area contributed by atoms with Crippen LogP contribution in [0.4, 0.5) is 0 Å². The van der Waals surface area contributed by atoms with E-state index in [4.69, 9.17) is 0 Å². The molecule has 5 nitrogen and oxygen atoms in total. The van der Waals surface area contributed by atoms with E-state index in [1.807, 2.05) is 24.3 Å². The highest BCUT2D eigenvalue weighted by Gasteiger charge is 2.24. The average Bonchev–Trinajstić information content (AvgIpc) is 2.78. The Morgan fingerprint density at radius 2 is 1.57 bits per heavy atom. The maximum Gasteiger partial charge on any atom is 0.266 e. The van der Waals surface area contributed by atoms with E-state index in [9.17, 15) is 10.1 Å². The number of hydrogen-bond acceptors (Lipinski definition) is 4. The molecule has 1 heterocycles. The Hall–Kier alpha value is -3.10. The number of benzene rings is 2. The van der Waals surface area contributed by atoms with Crippen molar-refractivity contribution in [1.82, 2.24) is 14.7 Å². The third-order valence-corrected chi connectivity index (χ3v) is 5.43. The zero-order chi connectivity index (χ0) is 21.3. The molecule has 0 aliphatic carbocycles. The molecule has 0 unspecified atom stereocenters. The number of piperazine rings is 1. The van der Waals surface area contributed by atoms with Gasteiger partial charge in [-0.3, -0.25) is 9.69 Å². The van der Waals surface area contributed by atoms with Gasteiger partial charge in [0.05, 0.1) is 0 Å². The van der Waals surface area contributed by atoms with Crippen molar-refractivity contribution in [3.63, 3.8) is 0 Å². The summed E-state index contributed by atoms with van der Waals surface area (Å²) in [6.07, 6.45) is 1.73. The molecular formula is C25H30N4O. The predicted molar refractivity (Wildman–Crippen MR) is 119 cm³/mol. The minimum absolute atomic E-state index is 0.171. The average molecular weight is 403 g/mol. The number of nitriles is 1. The number of nitrogens with zero attached hydrogens (tertiary/aromatic N) is 4. The van der Waals surface area contributed by atoms with Crippen LogP contribution in [0.3, 0.4) is 0 Å². The molecule has 0 radical (unpaired) electrons. The largest absolute Gasteiger partial charge is 0.369 e. The van der Waals surface area contributed by atoms with Crippen molar-refractivity contribution >= 4 is 5.91 Å². The summed E-state index contributed by atoms with van der Waals surface area (Å²) in [4.78, 5) is 19.2. The molecule has 0 bridgehead atoms. The molecule has 1 fully saturated rings. The Bertz CT molecular complexity index is 878. The van der Waals surface area contributed by atoms with Gasteiger partial charge in [0, 0.05) is 51.5 Å². The van der Waals surface area contributed by atoms with Gasteiger partial charge in [0.1, 0.15) is 11.6 Å². The number of amides is 1. The summed E-state index contributed by atoms with van der Waals surface area (Å²) >= 11 is 0. The summed E-state index contributed by atoms with van der Waals surface area (Å²) in [5, 5.41) is 9.67. The van der Waals surface area contributed by atoms with E-state index < -0.39 is 0 Å².